The second-order valence-corrected chi connectivity index (χ2v) is 4.50. The van der Waals surface area contributed by atoms with Crippen LogP contribution in [-0.4, -0.2) is 50.0 Å². The highest BCUT2D eigenvalue weighted by molar-refractivity contribution is 7.10. The molecule has 0 radical (unpaired) electrons. The van der Waals surface area contributed by atoms with Crippen molar-refractivity contribution in [1.82, 2.24) is 4.90 Å². The monoisotopic (exact) mass is 244 g/mol. The molecule has 1 rings (SSSR count). The van der Waals surface area contributed by atoms with Crippen LogP contribution in [0.5, 0.6) is 0 Å². The van der Waals surface area contributed by atoms with Gasteiger partial charge in [0.25, 0.3) is 0 Å². The molecule has 1 heterocycles. The second kappa shape index (κ2) is 7.76. The Hall–Kier alpha value is -0.460. The number of methoxy groups -OCH3 is 1. The first kappa shape index (κ1) is 13.6. The zero-order valence-corrected chi connectivity index (χ0v) is 10.4. The van der Waals surface area contributed by atoms with E-state index in [0.29, 0.717) is 19.7 Å². The van der Waals surface area contributed by atoms with Crippen molar-refractivity contribution in [3.05, 3.63) is 22.4 Å². The molecule has 3 N–H and O–H groups in total. The molecule has 92 valence electrons. The summed E-state index contributed by atoms with van der Waals surface area (Å²) in [6.07, 6.45) is 0. The van der Waals surface area contributed by atoms with Crippen molar-refractivity contribution in [1.29, 1.82) is 0 Å². The van der Waals surface area contributed by atoms with Gasteiger partial charge in [0.15, 0.2) is 0 Å². The molecule has 0 aromatic carbocycles. The number of thiophene rings is 1. The molecule has 4 nitrogen and oxygen atoms in total. The van der Waals surface area contributed by atoms with E-state index in [9.17, 15) is 0 Å². The lowest BCUT2D eigenvalue weighted by atomic mass is 10.2. The average molecular weight is 244 g/mol. The quantitative estimate of drug-likeness (QED) is 0.706. The first-order valence-electron chi connectivity index (χ1n) is 5.40. The van der Waals surface area contributed by atoms with Crippen LogP contribution < -0.4 is 5.73 Å². The summed E-state index contributed by atoms with van der Waals surface area (Å²) in [6.45, 7) is 2.78. The standard InChI is InChI=1S/C11H20N2O2S/c1-15-7-5-13(4-6-14)10(9-12)11-3-2-8-16-11/h2-3,8,10,14H,4-7,9,12H2,1H3. The summed E-state index contributed by atoms with van der Waals surface area (Å²) >= 11 is 1.70. The normalized spacial score (nSPS) is 13.2. The number of hydrogen-bond acceptors (Lipinski definition) is 5. The number of nitrogens with two attached hydrogens (primary N) is 1. The number of ether oxygens (including phenoxy) is 1. The van der Waals surface area contributed by atoms with E-state index in [1.165, 1.54) is 4.88 Å². The van der Waals surface area contributed by atoms with Crippen LogP contribution in [-0.2, 0) is 4.74 Å². The third-order valence-electron chi connectivity index (χ3n) is 2.51. The van der Waals surface area contributed by atoms with Gasteiger partial charge < -0.3 is 15.6 Å². The molecule has 0 spiro atoms. The van der Waals surface area contributed by atoms with E-state index in [2.05, 4.69) is 11.0 Å². The molecule has 1 aromatic heterocycles. The maximum Gasteiger partial charge on any atom is 0.0589 e. The predicted molar refractivity (Wildman–Crippen MR) is 66.6 cm³/mol. The van der Waals surface area contributed by atoms with Gasteiger partial charge in [0.2, 0.25) is 0 Å². The Morgan fingerprint density at radius 1 is 1.56 bits per heavy atom. The molecule has 0 saturated heterocycles. The van der Waals surface area contributed by atoms with Crippen LogP contribution in [0.2, 0.25) is 0 Å². The van der Waals surface area contributed by atoms with E-state index in [-0.39, 0.29) is 12.6 Å². The van der Waals surface area contributed by atoms with Gasteiger partial charge in [0, 0.05) is 31.6 Å². The molecule has 1 atom stereocenters. The number of rotatable bonds is 8. The molecule has 0 amide bonds. The van der Waals surface area contributed by atoms with E-state index in [4.69, 9.17) is 15.6 Å². The van der Waals surface area contributed by atoms with E-state index in [1.807, 2.05) is 11.4 Å². The van der Waals surface area contributed by atoms with E-state index < -0.39 is 0 Å². The highest BCUT2D eigenvalue weighted by Crippen LogP contribution is 2.23. The lowest BCUT2D eigenvalue weighted by Gasteiger charge is -2.29. The third kappa shape index (κ3) is 3.84. The van der Waals surface area contributed by atoms with Crippen molar-refractivity contribution in [3.8, 4) is 0 Å². The Morgan fingerprint density at radius 2 is 2.38 bits per heavy atom. The summed E-state index contributed by atoms with van der Waals surface area (Å²) in [5.41, 5.74) is 5.81. The fraction of sp³-hybridized carbons (Fsp3) is 0.636. The number of nitrogens with zero attached hydrogens (tertiary/aromatic N) is 1. The van der Waals surface area contributed by atoms with Gasteiger partial charge >= 0.3 is 0 Å². The van der Waals surface area contributed by atoms with Crippen molar-refractivity contribution in [2.45, 2.75) is 6.04 Å². The first-order chi connectivity index (χ1) is 7.83. The molecule has 16 heavy (non-hydrogen) atoms. The average Bonchev–Trinajstić information content (AvgIpc) is 2.80. The fourth-order valence-corrected chi connectivity index (χ4v) is 2.56. The lowest BCUT2D eigenvalue weighted by molar-refractivity contribution is 0.104. The largest absolute Gasteiger partial charge is 0.395 e. The topological polar surface area (TPSA) is 58.7 Å². The van der Waals surface area contributed by atoms with Crippen molar-refractivity contribution >= 4 is 11.3 Å². The van der Waals surface area contributed by atoms with Crippen LogP contribution in [0.25, 0.3) is 0 Å². The fourth-order valence-electron chi connectivity index (χ4n) is 1.69. The van der Waals surface area contributed by atoms with E-state index >= 15 is 0 Å². The highest BCUT2D eigenvalue weighted by Gasteiger charge is 2.18. The van der Waals surface area contributed by atoms with Crippen molar-refractivity contribution < 1.29 is 9.84 Å². The van der Waals surface area contributed by atoms with Crippen LogP contribution in [0.4, 0.5) is 0 Å². The van der Waals surface area contributed by atoms with E-state index in [0.717, 1.165) is 6.54 Å². The van der Waals surface area contributed by atoms with Gasteiger partial charge in [-0.25, -0.2) is 0 Å². The SMILES string of the molecule is COCCN(CCO)C(CN)c1cccs1. The molecular weight excluding hydrogens is 224 g/mol. The Labute approximate surface area is 101 Å². The molecule has 0 bridgehead atoms. The van der Waals surface area contributed by atoms with Gasteiger partial charge in [-0.2, -0.15) is 0 Å². The van der Waals surface area contributed by atoms with Crippen LogP contribution in [0.15, 0.2) is 17.5 Å². The molecule has 0 aliphatic carbocycles. The molecule has 0 aliphatic rings. The lowest BCUT2D eigenvalue weighted by Crippen LogP contribution is -2.37. The molecule has 5 heteroatoms. The zero-order chi connectivity index (χ0) is 11.8. The molecule has 0 fully saturated rings. The Balaban J connectivity index is 2.65. The summed E-state index contributed by atoms with van der Waals surface area (Å²) < 4.78 is 5.07. The minimum atomic E-state index is 0.144. The Kier molecular flexibility index (Phi) is 6.59. The number of aliphatic hydroxyl groups excluding tert-OH is 1. The third-order valence-corrected chi connectivity index (χ3v) is 3.48. The van der Waals surface area contributed by atoms with Crippen molar-refractivity contribution in [3.63, 3.8) is 0 Å². The maximum absolute atomic E-state index is 9.06. The summed E-state index contributed by atoms with van der Waals surface area (Å²) in [6, 6.07) is 4.29. The van der Waals surface area contributed by atoms with Crippen LogP contribution in [0, 0.1) is 0 Å². The summed E-state index contributed by atoms with van der Waals surface area (Å²) in [5.74, 6) is 0. The first-order valence-corrected chi connectivity index (χ1v) is 6.28. The number of aliphatic hydroxyl groups is 1. The van der Waals surface area contributed by atoms with Gasteiger partial charge in [-0.05, 0) is 11.4 Å². The van der Waals surface area contributed by atoms with Crippen LogP contribution in [0.3, 0.4) is 0 Å². The highest BCUT2D eigenvalue weighted by atomic mass is 32.1. The molecular formula is C11H20N2O2S. The predicted octanol–water partition coefficient (Wildman–Crippen LogP) is 0.689. The van der Waals surface area contributed by atoms with Gasteiger partial charge in [0.05, 0.1) is 19.3 Å². The summed E-state index contributed by atoms with van der Waals surface area (Å²) in [4.78, 5) is 3.40. The minimum absolute atomic E-state index is 0.144. The van der Waals surface area contributed by atoms with Crippen molar-refractivity contribution in [2.75, 3.05) is 40.0 Å². The molecule has 1 unspecified atom stereocenters. The van der Waals surface area contributed by atoms with Gasteiger partial charge in [-0.15, -0.1) is 11.3 Å². The van der Waals surface area contributed by atoms with Gasteiger partial charge in [-0.1, -0.05) is 6.07 Å². The molecule has 0 aliphatic heterocycles. The van der Waals surface area contributed by atoms with E-state index in [1.54, 1.807) is 18.4 Å². The summed E-state index contributed by atoms with van der Waals surface area (Å²) in [7, 11) is 1.68. The Morgan fingerprint density at radius 3 is 2.88 bits per heavy atom. The number of hydrogen-bond donors (Lipinski definition) is 2. The smallest absolute Gasteiger partial charge is 0.0589 e. The zero-order valence-electron chi connectivity index (χ0n) is 9.63. The van der Waals surface area contributed by atoms with Gasteiger partial charge in [0.1, 0.15) is 0 Å². The Bertz CT molecular complexity index is 267. The maximum atomic E-state index is 9.06. The summed E-state index contributed by atoms with van der Waals surface area (Å²) in [5, 5.41) is 11.1. The minimum Gasteiger partial charge on any atom is -0.395 e. The van der Waals surface area contributed by atoms with Crippen LogP contribution in [0.1, 0.15) is 10.9 Å². The molecule has 0 saturated carbocycles. The van der Waals surface area contributed by atoms with Crippen LogP contribution >= 0.6 is 11.3 Å². The second-order valence-electron chi connectivity index (χ2n) is 3.52. The molecule has 1 aromatic rings. The van der Waals surface area contributed by atoms with Gasteiger partial charge in [-0.3, -0.25) is 4.90 Å². The van der Waals surface area contributed by atoms with Crippen molar-refractivity contribution in [2.24, 2.45) is 5.73 Å².